The van der Waals surface area contributed by atoms with Gasteiger partial charge in [0.25, 0.3) is 0 Å². The molecule has 0 saturated carbocycles. The maximum atomic E-state index is 10.2. The van der Waals surface area contributed by atoms with E-state index in [2.05, 4.69) is 27.4 Å². The van der Waals surface area contributed by atoms with Crippen molar-refractivity contribution in [3.63, 3.8) is 0 Å². The van der Waals surface area contributed by atoms with Gasteiger partial charge in [-0.15, -0.1) is 5.10 Å². The maximum Gasteiger partial charge on any atom is 0.143 e. The summed E-state index contributed by atoms with van der Waals surface area (Å²) in [6.45, 7) is 7.72. The molecule has 1 aromatic rings. The Balaban J connectivity index is 1.63. The molecular weight excluding hydrogens is 400 g/mol. The summed E-state index contributed by atoms with van der Waals surface area (Å²) in [7, 11) is 0. The minimum absolute atomic E-state index is 0.0580. The molecule has 10 heteroatoms. The van der Waals surface area contributed by atoms with Crippen LogP contribution < -0.4 is 5.32 Å². The van der Waals surface area contributed by atoms with Crippen LogP contribution in [0, 0.1) is 0 Å². The van der Waals surface area contributed by atoms with Crippen molar-refractivity contribution in [2.24, 2.45) is 0 Å². The number of allylic oxidation sites excluding steroid dienone is 4. The Morgan fingerprint density at radius 1 is 1.16 bits per heavy atom. The van der Waals surface area contributed by atoms with Gasteiger partial charge in [0, 0.05) is 31.4 Å². The number of tetrazole rings is 1. The second kappa shape index (κ2) is 13.3. The van der Waals surface area contributed by atoms with E-state index in [4.69, 9.17) is 0 Å². The zero-order valence-electron chi connectivity index (χ0n) is 18.2. The van der Waals surface area contributed by atoms with Crippen molar-refractivity contribution in [1.29, 1.82) is 0 Å². The summed E-state index contributed by atoms with van der Waals surface area (Å²) in [6, 6.07) is -0.322. The van der Waals surface area contributed by atoms with E-state index >= 15 is 0 Å². The van der Waals surface area contributed by atoms with Crippen LogP contribution in [0.4, 0.5) is 0 Å². The van der Waals surface area contributed by atoms with Crippen molar-refractivity contribution in [2.45, 2.75) is 63.4 Å². The van der Waals surface area contributed by atoms with Crippen LogP contribution in [-0.4, -0.2) is 96.1 Å². The van der Waals surface area contributed by atoms with Crippen LogP contribution in [-0.2, 0) is 0 Å². The summed E-state index contributed by atoms with van der Waals surface area (Å²) >= 11 is 0. The highest BCUT2D eigenvalue weighted by atomic mass is 16.4. The van der Waals surface area contributed by atoms with Crippen LogP contribution in [0.5, 0.6) is 0 Å². The first-order valence-corrected chi connectivity index (χ1v) is 10.9. The van der Waals surface area contributed by atoms with Crippen molar-refractivity contribution < 1.29 is 20.4 Å². The van der Waals surface area contributed by atoms with Crippen molar-refractivity contribution >= 4 is 5.70 Å². The zero-order valence-corrected chi connectivity index (χ0v) is 18.2. The molecule has 0 unspecified atom stereocenters. The molecule has 1 aromatic heterocycles. The minimum atomic E-state index is -1.15. The molecule has 10 nitrogen and oxygen atoms in total. The Morgan fingerprint density at radius 2 is 1.94 bits per heavy atom. The van der Waals surface area contributed by atoms with Gasteiger partial charge in [0.2, 0.25) is 0 Å². The lowest BCUT2D eigenvalue weighted by Crippen LogP contribution is -2.61. The van der Waals surface area contributed by atoms with Crippen LogP contribution in [0.3, 0.4) is 0 Å². The number of piperidine rings is 1. The number of aromatic nitrogens is 4. The predicted octanol–water partition coefficient (Wildman–Crippen LogP) is -0.0969. The second-order valence-electron chi connectivity index (χ2n) is 7.79. The maximum absolute atomic E-state index is 10.2. The number of β-amino-alcohol motifs (C(OH)–C–C–N with tert-alkyl or cyclic N) is 1. The summed E-state index contributed by atoms with van der Waals surface area (Å²) in [4.78, 5) is 1.98. The third kappa shape index (κ3) is 7.82. The van der Waals surface area contributed by atoms with Crippen molar-refractivity contribution in [2.75, 3.05) is 26.2 Å². The van der Waals surface area contributed by atoms with E-state index in [0.29, 0.717) is 18.7 Å². The lowest BCUT2D eigenvalue weighted by Gasteiger charge is -2.43. The van der Waals surface area contributed by atoms with Gasteiger partial charge >= 0.3 is 0 Å². The lowest BCUT2D eigenvalue weighted by molar-refractivity contribution is -0.140. The quantitative estimate of drug-likeness (QED) is 0.212. The molecule has 4 atom stereocenters. The molecule has 31 heavy (non-hydrogen) atoms. The summed E-state index contributed by atoms with van der Waals surface area (Å²) in [5.41, 5.74) is 1.67. The van der Waals surface area contributed by atoms with E-state index in [0.717, 1.165) is 44.5 Å². The largest absolute Gasteiger partial charge is 0.396 e. The monoisotopic (exact) mass is 436 g/mol. The number of unbranched alkanes of at least 4 members (excludes halogenated alkanes) is 3. The molecular formula is C21H36N6O4. The smallest absolute Gasteiger partial charge is 0.143 e. The first-order valence-electron chi connectivity index (χ1n) is 10.9. The number of likely N-dealkylation sites (tertiary alicyclic amines) is 1. The van der Waals surface area contributed by atoms with Crippen LogP contribution >= 0.6 is 0 Å². The Morgan fingerprint density at radius 3 is 2.61 bits per heavy atom. The van der Waals surface area contributed by atoms with Gasteiger partial charge in [0.1, 0.15) is 12.4 Å². The molecule has 2 rings (SSSR count). The van der Waals surface area contributed by atoms with Crippen LogP contribution in [0.1, 0.15) is 39.0 Å². The fraction of sp³-hybridized carbons (Fsp3) is 0.667. The molecule has 1 saturated heterocycles. The van der Waals surface area contributed by atoms with Gasteiger partial charge in [-0.3, -0.25) is 4.90 Å². The predicted molar refractivity (Wildman–Crippen MR) is 118 cm³/mol. The van der Waals surface area contributed by atoms with Crippen LogP contribution in [0.25, 0.3) is 5.70 Å². The van der Waals surface area contributed by atoms with Gasteiger partial charge in [0.05, 0.1) is 17.9 Å². The number of rotatable bonds is 13. The Hall–Kier alpha value is -2.11. The van der Waals surface area contributed by atoms with Gasteiger partial charge in [0.15, 0.2) is 0 Å². The third-order valence-electron chi connectivity index (χ3n) is 5.56. The van der Waals surface area contributed by atoms with E-state index in [1.165, 1.54) is 11.0 Å². The molecule has 0 amide bonds. The molecule has 174 valence electrons. The highest BCUT2D eigenvalue weighted by molar-refractivity contribution is 5.53. The Kier molecular flexibility index (Phi) is 10.8. The topological polar surface area (TPSA) is 140 Å². The molecule has 0 spiro atoms. The number of hydrogen-bond acceptors (Lipinski definition) is 9. The minimum Gasteiger partial charge on any atom is -0.396 e. The van der Waals surface area contributed by atoms with Gasteiger partial charge in [-0.1, -0.05) is 25.5 Å². The summed E-state index contributed by atoms with van der Waals surface area (Å²) in [5, 5.41) is 53.6. The highest BCUT2D eigenvalue weighted by Crippen LogP contribution is 2.22. The SMILES string of the molecule is C=C(/C=C\C(=C/C)NCCCCCCN1C[C@H](O)[C@@H](O)[C@H](O)[C@H]1CCO)n1cnnn1. The van der Waals surface area contributed by atoms with E-state index in [1.807, 2.05) is 30.1 Å². The van der Waals surface area contributed by atoms with Gasteiger partial charge in [-0.2, -0.15) is 0 Å². The number of nitrogens with zero attached hydrogens (tertiary/aromatic N) is 5. The zero-order chi connectivity index (χ0) is 22.6. The molecule has 5 N–H and O–H groups in total. The molecule has 0 aromatic carbocycles. The summed E-state index contributed by atoms with van der Waals surface area (Å²) in [5.74, 6) is 0. The molecule has 1 fully saturated rings. The molecule has 2 heterocycles. The van der Waals surface area contributed by atoms with Gasteiger partial charge < -0.3 is 25.7 Å². The molecule has 0 radical (unpaired) electrons. The van der Waals surface area contributed by atoms with Crippen LogP contribution in [0.2, 0.25) is 0 Å². The standard InChI is InChI=1S/C21H36N6O4/c1-3-17(9-8-16(2)27-15-23-24-25-27)22-11-6-4-5-7-12-26-14-19(29)21(31)20(30)18(26)10-13-28/h3,8-9,15,18-22,28-31H,2,4-7,10-14H2,1H3/b9-8-,17-3+/t18-,19+,20-,21-/m1/s1. The first kappa shape index (κ1) is 25.2. The fourth-order valence-corrected chi connectivity index (χ4v) is 3.74. The lowest BCUT2D eigenvalue weighted by atomic mass is 9.91. The number of aliphatic hydroxyl groups excluding tert-OH is 4. The molecule has 0 aliphatic carbocycles. The number of hydrogen-bond donors (Lipinski definition) is 5. The normalized spacial score (nSPS) is 25.3. The molecule has 1 aliphatic heterocycles. The highest BCUT2D eigenvalue weighted by Gasteiger charge is 2.40. The van der Waals surface area contributed by atoms with E-state index < -0.39 is 18.3 Å². The van der Waals surface area contributed by atoms with E-state index in [9.17, 15) is 20.4 Å². The van der Waals surface area contributed by atoms with Gasteiger partial charge in [-0.05, 0) is 55.3 Å². The second-order valence-corrected chi connectivity index (χ2v) is 7.79. The van der Waals surface area contributed by atoms with E-state index in [1.54, 1.807) is 0 Å². The van der Waals surface area contributed by atoms with Crippen LogP contribution in [0.15, 0.2) is 36.8 Å². The average Bonchev–Trinajstić information content (AvgIpc) is 3.31. The Bertz CT molecular complexity index is 709. The third-order valence-corrected chi connectivity index (χ3v) is 5.56. The number of nitrogens with one attached hydrogen (secondary N) is 1. The Labute approximate surface area is 183 Å². The average molecular weight is 437 g/mol. The summed E-state index contributed by atoms with van der Waals surface area (Å²) < 4.78 is 1.50. The van der Waals surface area contributed by atoms with Gasteiger partial charge in [-0.25, -0.2) is 4.68 Å². The van der Waals surface area contributed by atoms with E-state index in [-0.39, 0.29) is 12.6 Å². The first-order chi connectivity index (χ1) is 15.0. The molecule has 1 aliphatic rings. The summed E-state index contributed by atoms with van der Waals surface area (Å²) in [6.07, 6.45) is 8.53. The van der Waals surface area contributed by atoms with Crippen molar-refractivity contribution in [3.05, 3.63) is 36.8 Å². The van der Waals surface area contributed by atoms with Crippen molar-refractivity contribution in [3.8, 4) is 0 Å². The number of aliphatic hydroxyl groups is 4. The van der Waals surface area contributed by atoms with Crippen molar-refractivity contribution in [1.82, 2.24) is 30.4 Å². The fourth-order valence-electron chi connectivity index (χ4n) is 3.74. The molecule has 0 bridgehead atoms.